The number of aromatic nitrogens is 1. The summed E-state index contributed by atoms with van der Waals surface area (Å²) in [6, 6.07) is 1.48. The van der Waals surface area contributed by atoms with E-state index >= 15 is 0 Å². The molecule has 0 bridgehead atoms. The van der Waals surface area contributed by atoms with E-state index in [-0.39, 0.29) is 28.6 Å². The van der Waals surface area contributed by atoms with Crippen LogP contribution in [0.4, 0.5) is 16.3 Å². The van der Waals surface area contributed by atoms with Crippen molar-refractivity contribution in [2.75, 3.05) is 26.2 Å². The van der Waals surface area contributed by atoms with Gasteiger partial charge in [-0.15, -0.1) is 0 Å². The summed E-state index contributed by atoms with van der Waals surface area (Å²) in [5.74, 6) is 1.59. The van der Waals surface area contributed by atoms with Gasteiger partial charge in [-0.2, -0.15) is 0 Å². The Labute approximate surface area is 209 Å². The molecule has 2 heterocycles. The topological polar surface area (TPSA) is 91.1 Å². The summed E-state index contributed by atoms with van der Waals surface area (Å²) >= 11 is 13.3. The first-order valence-electron chi connectivity index (χ1n) is 11.0. The minimum absolute atomic E-state index is 0.213. The molecule has 10 heteroatoms. The summed E-state index contributed by atoms with van der Waals surface area (Å²) in [5.41, 5.74) is 3.16. The third kappa shape index (κ3) is 4.32. The van der Waals surface area contributed by atoms with E-state index < -0.39 is 0 Å². The Morgan fingerprint density at radius 2 is 2.00 bits per heavy atom. The SMILES string of the molecule is COC1=CCC(OC)=C(Cl)C(N2Cc3cnc(N=C4C(=N)CCCC4C)cc3N(C)C2=O)=C1Cl. The maximum atomic E-state index is 13.5. The standard InChI is InChI=1S/C24H27Cl2N5O3/c1-13-6-5-7-15(27)22(13)29-19-10-16-14(11-28-19)12-31(24(32)30(16)2)23-20(25)17(33-3)8-9-18(34-4)21(23)26/h8,10-11,13,27H,5-7,9,12H2,1-4H3. The number of anilines is 1. The summed E-state index contributed by atoms with van der Waals surface area (Å²) < 4.78 is 10.9. The van der Waals surface area contributed by atoms with Crippen molar-refractivity contribution in [3.05, 3.63) is 51.2 Å². The maximum absolute atomic E-state index is 13.5. The molecule has 1 aromatic heterocycles. The number of urea groups is 1. The van der Waals surface area contributed by atoms with Crippen LogP contribution in [-0.4, -0.2) is 48.6 Å². The lowest BCUT2D eigenvalue weighted by Crippen LogP contribution is -2.45. The Balaban J connectivity index is 1.74. The fourth-order valence-electron chi connectivity index (χ4n) is 4.40. The number of hydrogen-bond acceptors (Lipinski definition) is 6. The van der Waals surface area contributed by atoms with Crippen LogP contribution in [0.5, 0.6) is 0 Å². The number of carbonyl (C=O) groups excluding carboxylic acids is 1. The number of amides is 2. The minimum Gasteiger partial charge on any atom is -0.499 e. The zero-order valence-corrected chi connectivity index (χ0v) is 21.1. The summed E-state index contributed by atoms with van der Waals surface area (Å²) in [6.45, 7) is 2.29. The second-order valence-electron chi connectivity index (χ2n) is 8.45. The lowest BCUT2D eigenvalue weighted by molar-refractivity contribution is 0.214. The van der Waals surface area contributed by atoms with Gasteiger partial charge in [-0.3, -0.25) is 9.80 Å². The van der Waals surface area contributed by atoms with Crippen LogP contribution >= 0.6 is 23.2 Å². The molecule has 1 aromatic rings. The first-order valence-corrected chi connectivity index (χ1v) is 11.8. The van der Waals surface area contributed by atoms with Crippen LogP contribution in [0.15, 0.2) is 50.6 Å². The molecule has 8 nitrogen and oxygen atoms in total. The summed E-state index contributed by atoms with van der Waals surface area (Å²) in [5, 5.41) is 8.74. The molecule has 0 aromatic carbocycles. The molecule has 1 fully saturated rings. The molecule has 1 atom stereocenters. The Bertz CT molecular complexity index is 1170. The van der Waals surface area contributed by atoms with Crippen LogP contribution in [0.2, 0.25) is 0 Å². The van der Waals surface area contributed by atoms with Crippen molar-refractivity contribution in [2.45, 2.75) is 39.2 Å². The summed E-state index contributed by atoms with van der Waals surface area (Å²) in [7, 11) is 4.72. The van der Waals surface area contributed by atoms with Crippen LogP contribution in [0.25, 0.3) is 0 Å². The first kappa shape index (κ1) is 24.3. The number of hydrogen-bond donors (Lipinski definition) is 1. The third-order valence-electron chi connectivity index (χ3n) is 6.32. The second-order valence-corrected chi connectivity index (χ2v) is 9.20. The number of aliphatic imine (C=N–C) groups is 1. The number of rotatable bonds is 4. The Morgan fingerprint density at radius 3 is 2.68 bits per heavy atom. The maximum Gasteiger partial charge on any atom is 0.329 e. The van der Waals surface area contributed by atoms with Crippen LogP contribution in [-0.2, 0) is 16.0 Å². The van der Waals surface area contributed by atoms with Gasteiger partial charge in [0, 0.05) is 37.2 Å². The molecule has 2 aliphatic carbocycles. The molecule has 0 radical (unpaired) electrons. The van der Waals surface area contributed by atoms with E-state index in [1.54, 1.807) is 25.4 Å². The highest BCUT2D eigenvalue weighted by Gasteiger charge is 2.36. The molecule has 180 valence electrons. The molecular weight excluding hydrogens is 477 g/mol. The van der Waals surface area contributed by atoms with Crippen molar-refractivity contribution in [2.24, 2.45) is 10.9 Å². The van der Waals surface area contributed by atoms with Crippen molar-refractivity contribution < 1.29 is 14.3 Å². The number of nitrogens with one attached hydrogen (secondary N) is 1. The predicted octanol–water partition coefficient (Wildman–Crippen LogP) is 5.85. The lowest BCUT2D eigenvalue weighted by Gasteiger charge is -2.36. The minimum atomic E-state index is -0.310. The van der Waals surface area contributed by atoms with Crippen LogP contribution in [0.3, 0.4) is 0 Å². The Morgan fingerprint density at radius 1 is 1.24 bits per heavy atom. The number of halogens is 2. The van der Waals surface area contributed by atoms with Crippen LogP contribution < -0.4 is 4.90 Å². The molecular formula is C24H27Cl2N5O3. The van der Waals surface area contributed by atoms with E-state index in [4.69, 9.17) is 38.1 Å². The largest absolute Gasteiger partial charge is 0.499 e. The average Bonchev–Trinajstić information content (AvgIpc) is 2.94. The number of nitrogens with zero attached hydrogens (tertiary/aromatic N) is 4. The van der Waals surface area contributed by atoms with Gasteiger partial charge in [-0.05, 0) is 25.3 Å². The van der Waals surface area contributed by atoms with Crippen molar-refractivity contribution in [1.82, 2.24) is 9.88 Å². The van der Waals surface area contributed by atoms with Crippen molar-refractivity contribution in [3.8, 4) is 0 Å². The predicted molar refractivity (Wildman–Crippen MR) is 134 cm³/mol. The van der Waals surface area contributed by atoms with Gasteiger partial charge in [0.1, 0.15) is 21.6 Å². The first-order chi connectivity index (χ1) is 16.3. The number of methoxy groups -OCH3 is 2. The van der Waals surface area contributed by atoms with E-state index in [0.29, 0.717) is 40.9 Å². The number of carbonyl (C=O) groups is 1. The van der Waals surface area contributed by atoms with E-state index in [0.717, 1.165) is 30.5 Å². The van der Waals surface area contributed by atoms with Gasteiger partial charge in [-0.1, -0.05) is 30.1 Å². The van der Waals surface area contributed by atoms with Crippen molar-refractivity contribution in [1.29, 1.82) is 5.41 Å². The fraction of sp³-hybridized carbons (Fsp3) is 0.417. The van der Waals surface area contributed by atoms with E-state index in [1.807, 2.05) is 0 Å². The quantitative estimate of drug-likeness (QED) is 0.557. The molecule has 4 rings (SSSR count). The van der Waals surface area contributed by atoms with Crippen molar-refractivity contribution >= 4 is 52.2 Å². The smallest absolute Gasteiger partial charge is 0.329 e. The molecule has 0 saturated heterocycles. The third-order valence-corrected chi connectivity index (χ3v) is 7.07. The highest BCUT2D eigenvalue weighted by molar-refractivity contribution is 6.42. The monoisotopic (exact) mass is 503 g/mol. The number of ether oxygens (including phenoxy) is 2. The van der Waals surface area contributed by atoms with Crippen LogP contribution in [0, 0.1) is 11.3 Å². The van der Waals surface area contributed by atoms with Gasteiger partial charge in [0.25, 0.3) is 0 Å². The molecule has 1 saturated carbocycles. The molecule has 1 N–H and O–H groups in total. The number of allylic oxidation sites excluding steroid dienone is 3. The van der Waals surface area contributed by atoms with Gasteiger partial charge in [0.05, 0.1) is 43.6 Å². The summed E-state index contributed by atoms with van der Waals surface area (Å²) in [6.07, 6.45) is 6.58. The molecule has 2 amide bonds. The van der Waals surface area contributed by atoms with Gasteiger partial charge in [0.15, 0.2) is 5.82 Å². The van der Waals surface area contributed by atoms with E-state index in [1.165, 1.54) is 24.0 Å². The van der Waals surface area contributed by atoms with Gasteiger partial charge in [0.2, 0.25) is 0 Å². The highest BCUT2D eigenvalue weighted by Crippen LogP contribution is 2.40. The highest BCUT2D eigenvalue weighted by atomic mass is 35.5. The summed E-state index contributed by atoms with van der Waals surface area (Å²) in [4.78, 5) is 25.7. The molecule has 3 aliphatic rings. The number of pyridine rings is 1. The van der Waals surface area contributed by atoms with E-state index in [9.17, 15) is 4.79 Å². The van der Waals surface area contributed by atoms with Gasteiger partial charge in [-0.25, -0.2) is 14.8 Å². The zero-order valence-electron chi connectivity index (χ0n) is 19.6. The van der Waals surface area contributed by atoms with Gasteiger partial charge < -0.3 is 14.9 Å². The molecule has 1 unspecified atom stereocenters. The molecule has 1 aliphatic heterocycles. The normalized spacial score (nSPS) is 22.7. The molecule has 0 spiro atoms. The number of fused-ring (bicyclic) bond motifs is 1. The zero-order chi connectivity index (χ0) is 24.6. The van der Waals surface area contributed by atoms with Crippen molar-refractivity contribution in [3.63, 3.8) is 0 Å². The second kappa shape index (κ2) is 9.80. The van der Waals surface area contributed by atoms with E-state index in [2.05, 4.69) is 16.9 Å². The van der Waals surface area contributed by atoms with Crippen LogP contribution in [0.1, 0.15) is 38.2 Å². The fourth-order valence-corrected chi connectivity index (χ4v) is 5.15. The average molecular weight is 504 g/mol. The molecule has 34 heavy (non-hydrogen) atoms. The van der Waals surface area contributed by atoms with Gasteiger partial charge >= 0.3 is 6.03 Å². The lowest BCUT2D eigenvalue weighted by atomic mass is 9.87. The Kier molecular flexibility index (Phi) is 7.00. The Hall–Kier alpha value is -2.84.